The van der Waals surface area contributed by atoms with Crippen LogP contribution in [0, 0.1) is 6.07 Å². The number of benzene rings is 3. The fraction of sp³-hybridized carbons (Fsp3) is 0.0909. The van der Waals surface area contributed by atoms with Crippen LogP contribution < -0.4 is 0 Å². The highest BCUT2D eigenvalue weighted by molar-refractivity contribution is 5.82. The zero-order valence-corrected chi connectivity index (χ0v) is 12.2. The summed E-state index contributed by atoms with van der Waals surface area (Å²) in [7, 11) is 0. The van der Waals surface area contributed by atoms with Gasteiger partial charge in [-0.2, -0.15) is 0 Å². The van der Waals surface area contributed by atoms with Crippen molar-refractivity contribution in [2.75, 3.05) is 0 Å². The first-order chi connectivity index (χ1) is 10.9. The Morgan fingerprint density at radius 1 is 0.818 bits per heavy atom. The summed E-state index contributed by atoms with van der Waals surface area (Å²) in [5, 5.41) is 0. The van der Waals surface area contributed by atoms with E-state index in [0.29, 0.717) is 5.92 Å². The predicted octanol–water partition coefficient (Wildman–Crippen LogP) is 5.22. The summed E-state index contributed by atoms with van der Waals surface area (Å²) in [5.41, 5.74) is 9.83. The van der Waals surface area contributed by atoms with Crippen LogP contribution in [0.2, 0.25) is 0 Å². The van der Waals surface area contributed by atoms with Gasteiger partial charge in [0.05, 0.1) is 0 Å². The number of allylic oxidation sites excluding steroid dienone is 1. The Kier molecular flexibility index (Phi) is 2.42. The molecule has 2 aliphatic rings. The number of rotatable bonds is 1. The lowest BCUT2D eigenvalue weighted by Gasteiger charge is -2.17. The number of fused-ring (bicyclic) bond motifs is 4. The van der Waals surface area contributed by atoms with Crippen molar-refractivity contribution in [1.29, 1.82) is 0 Å². The summed E-state index contributed by atoms with van der Waals surface area (Å²) >= 11 is 0. The maximum atomic E-state index is 3.28. The molecule has 0 fully saturated rings. The highest BCUT2D eigenvalue weighted by atomic mass is 14.3. The van der Waals surface area contributed by atoms with Gasteiger partial charge in [0.1, 0.15) is 0 Å². The molecule has 0 saturated carbocycles. The minimum Gasteiger partial charge on any atom is -0.0795 e. The van der Waals surface area contributed by atoms with Crippen molar-refractivity contribution < 1.29 is 0 Å². The van der Waals surface area contributed by atoms with Crippen LogP contribution in [0.25, 0.3) is 17.2 Å². The third kappa shape index (κ3) is 1.52. The maximum absolute atomic E-state index is 3.28. The molecule has 0 aromatic heterocycles. The van der Waals surface area contributed by atoms with Gasteiger partial charge in [0.15, 0.2) is 0 Å². The molecule has 0 saturated heterocycles. The van der Waals surface area contributed by atoms with Crippen molar-refractivity contribution in [2.24, 2.45) is 0 Å². The third-order valence-electron chi connectivity index (χ3n) is 4.93. The predicted molar refractivity (Wildman–Crippen MR) is 90.8 cm³/mol. The average Bonchev–Trinajstić information content (AvgIpc) is 3.17. The average molecular weight is 279 g/mol. The quantitative estimate of drug-likeness (QED) is 0.448. The van der Waals surface area contributed by atoms with Crippen LogP contribution in [0.15, 0.2) is 66.7 Å². The highest BCUT2D eigenvalue weighted by Gasteiger charge is 2.31. The Morgan fingerprint density at radius 3 is 2.68 bits per heavy atom. The molecule has 103 valence electrons. The zero-order chi connectivity index (χ0) is 14.5. The minimum absolute atomic E-state index is 0.335. The van der Waals surface area contributed by atoms with E-state index in [-0.39, 0.29) is 0 Å². The first kappa shape index (κ1) is 12.0. The lowest BCUT2D eigenvalue weighted by atomic mass is 9.85. The first-order valence-corrected chi connectivity index (χ1v) is 7.81. The highest BCUT2D eigenvalue weighted by Crippen LogP contribution is 2.49. The molecule has 1 atom stereocenters. The van der Waals surface area contributed by atoms with Gasteiger partial charge in [0, 0.05) is 5.92 Å². The Labute approximate surface area is 130 Å². The standard InChI is InChI=1S/C22H15/c1-3-11-20-17(9-1)18-10-2-4-12-21(18)22(20)19-14-6-8-15-7-5-13-16(15)19/h1-3,5-6,8-14,22H,7H2. The van der Waals surface area contributed by atoms with Gasteiger partial charge >= 0.3 is 0 Å². The second kappa shape index (κ2) is 4.45. The topological polar surface area (TPSA) is 0 Å². The van der Waals surface area contributed by atoms with E-state index in [0.717, 1.165) is 6.42 Å². The molecule has 3 aromatic carbocycles. The lowest BCUT2D eigenvalue weighted by Crippen LogP contribution is -2.02. The van der Waals surface area contributed by atoms with Crippen molar-refractivity contribution in [3.05, 3.63) is 101 Å². The van der Waals surface area contributed by atoms with E-state index < -0.39 is 0 Å². The number of hydrogen-bond donors (Lipinski definition) is 0. The van der Waals surface area contributed by atoms with E-state index in [1.807, 2.05) is 6.07 Å². The van der Waals surface area contributed by atoms with Gasteiger partial charge in [-0.15, -0.1) is 0 Å². The second-order valence-corrected chi connectivity index (χ2v) is 6.06. The summed E-state index contributed by atoms with van der Waals surface area (Å²) in [6, 6.07) is 25.2. The van der Waals surface area contributed by atoms with E-state index in [9.17, 15) is 0 Å². The fourth-order valence-corrected chi connectivity index (χ4v) is 3.99. The molecule has 22 heavy (non-hydrogen) atoms. The smallest absolute Gasteiger partial charge is 0.0358 e. The summed E-state index contributed by atoms with van der Waals surface area (Å²) < 4.78 is 0. The lowest BCUT2D eigenvalue weighted by molar-refractivity contribution is 1.01. The van der Waals surface area contributed by atoms with Gasteiger partial charge in [-0.25, -0.2) is 0 Å². The molecule has 0 spiro atoms. The summed E-state index contributed by atoms with van der Waals surface area (Å²) in [4.78, 5) is 0. The van der Waals surface area contributed by atoms with E-state index in [4.69, 9.17) is 0 Å². The van der Waals surface area contributed by atoms with E-state index in [1.165, 1.54) is 38.9 Å². The van der Waals surface area contributed by atoms with Crippen LogP contribution >= 0.6 is 0 Å². The van der Waals surface area contributed by atoms with Gasteiger partial charge in [-0.3, -0.25) is 0 Å². The Balaban J connectivity index is 1.83. The molecule has 5 rings (SSSR count). The van der Waals surface area contributed by atoms with Gasteiger partial charge in [0.2, 0.25) is 0 Å². The molecular formula is C22H15. The molecule has 3 aromatic rings. The van der Waals surface area contributed by atoms with Crippen molar-refractivity contribution in [3.8, 4) is 11.1 Å². The first-order valence-electron chi connectivity index (χ1n) is 7.81. The van der Waals surface area contributed by atoms with Crippen LogP contribution in [0.1, 0.15) is 33.7 Å². The van der Waals surface area contributed by atoms with Crippen molar-refractivity contribution in [3.63, 3.8) is 0 Å². The van der Waals surface area contributed by atoms with Crippen LogP contribution in [0.5, 0.6) is 0 Å². The summed E-state index contributed by atoms with van der Waals surface area (Å²) in [5.74, 6) is 0.335. The molecule has 0 nitrogen and oxygen atoms in total. The van der Waals surface area contributed by atoms with Gasteiger partial charge in [0.25, 0.3) is 0 Å². The van der Waals surface area contributed by atoms with Gasteiger partial charge in [-0.1, -0.05) is 66.7 Å². The van der Waals surface area contributed by atoms with Gasteiger partial charge in [-0.05, 0) is 57.5 Å². The Hall–Kier alpha value is -2.60. The Bertz CT molecular complexity index is 869. The van der Waals surface area contributed by atoms with Crippen LogP contribution in [-0.4, -0.2) is 0 Å². The van der Waals surface area contributed by atoms with Crippen LogP contribution in [0.4, 0.5) is 0 Å². The fourth-order valence-electron chi connectivity index (χ4n) is 3.99. The maximum Gasteiger partial charge on any atom is 0.0358 e. The van der Waals surface area contributed by atoms with Crippen molar-refractivity contribution >= 4 is 6.08 Å². The molecule has 0 heteroatoms. The molecule has 1 unspecified atom stereocenters. The normalized spacial score (nSPS) is 14.7. The summed E-state index contributed by atoms with van der Waals surface area (Å²) in [6.45, 7) is 0. The zero-order valence-electron chi connectivity index (χ0n) is 12.2. The number of hydrogen-bond acceptors (Lipinski definition) is 0. The summed E-state index contributed by atoms with van der Waals surface area (Å²) in [6.07, 6.45) is 5.62. The molecule has 2 aliphatic carbocycles. The molecule has 0 N–H and O–H groups in total. The SMILES string of the molecule is [c]1ccc2c(c1)C(c1cccc3c1C=CC3)c1ccccc1-2. The van der Waals surface area contributed by atoms with Crippen molar-refractivity contribution in [2.45, 2.75) is 12.3 Å². The molecule has 0 amide bonds. The van der Waals surface area contributed by atoms with Crippen LogP contribution in [0.3, 0.4) is 0 Å². The minimum atomic E-state index is 0.335. The molecular weight excluding hydrogens is 264 g/mol. The van der Waals surface area contributed by atoms with Gasteiger partial charge < -0.3 is 0 Å². The second-order valence-electron chi connectivity index (χ2n) is 6.06. The molecule has 0 heterocycles. The van der Waals surface area contributed by atoms with Crippen molar-refractivity contribution in [1.82, 2.24) is 0 Å². The van der Waals surface area contributed by atoms with E-state index in [1.54, 1.807) is 0 Å². The van der Waals surface area contributed by atoms with E-state index in [2.05, 4.69) is 72.8 Å². The Morgan fingerprint density at radius 2 is 1.68 bits per heavy atom. The molecule has 1 radical (unpaired) electrons. The van der Waals surface area contributed by atoms with Crippen LogP contribution in [-0.2, 0) is 6.42 Å². The monoisotopic (exact) mass is 279 g/mol. The molecule has 0 aliphatic heterocycles. The van der Waals surface area contributed by atoms with E-state index >= 15 is 0 Å². The largest absolute Gasteiger partial charge is 0.0795 e. The molecule has 0 bridgehead atoms. The third-order valence-corrected chi connectivity index (χ3v) is 4.93.